The van der Waals surface area contributed by atoms with Gasteiger partial charge in [0.05, 0.1) is 16.2 Å². The quantitative estimate of drug-likeness (QED) is 0.462. The second kappa shape index (κ2) is 7.34. The van der Waals surface area contributed by atoms with Crippen LogP contribution in [0.1, 0.15) is 24.8 Å². The van der Waals surface area contributed by atoms with Crippen molar-refractivity contribution in [3.05, 3.63) is 33.9 Å². The van der Waals surface area contributed by atoms with Gasteiger partial charge in [-0.2, -0.15) is 5.26 Å². The number of non-ortho nitro benzene ring substituents is 1. The van der Waals surface area contributed by atoms with Crippen LogP contribution in [0, 0.1) is 21.4 Å². The second-order valence-electron chi connectivity index (χ2n) is 4.28. The van der Waals surface area contributed by atoms with Gasteiger partial charge in [0.15, 0.2) is 0 Å². The number of benzene rings is 1. The van der Waals surface area contributed by atoms with Gasteiger partial charge < -0.3 is 10.0 Å². The zero-order valence-electron chi connectivity index (χ0n) is 10.9. The van der Waals surface area contributed by atoms with Crippen molar-refractivity contribution in [2.75, 3.05) is 25.1 Å². The van der Waals surface area contributed by atoms with Crippen molar-refractivity contribution in [3.8, 4) is 6.07 Å². The molecule has 1 N–H and O–H groups in total. The summed E-state index contributed by atoms with van der Waals surface area (Å²) in [5, 5.41) is 28.4. The van der Waals surface area contributed by atoms with Crippen LogP contribution in [-0.4, -0.2) is 30.2 Å². The number of anilines is 1. The van der Waals surface area contributed by atoms with Gasteiger partial charge in [-0.3, -0.25) is 10.1 Å². The summed E-state index contributed by atoms with van der Waals surface area (Å²) < 4.78 is 0. The van der Waals surface area contributed by atoms with Crippen LogP contribution >= 0.6 is 0 Å². The van der Waals surface area contributed by atoms with Gasteiger partial charge in [-0.25, -0.2) is 0 Å². The topological polar surface area (TPSA) is 90.4 Å². The van der Waals surface area contributed by atoms with Gasteiger partial charge in [-0.15, -0.1) is 0 Å². The third kappa shape index (κ3) is 4.23. The summed E-state index contributed by atoms with van der Waals surface area (Å²) >= 11 is 0. The predicted molar refractivity (Wildman–Crippen MR) is 72.0 cm³/mol. The number of rotatable bonds is 7. The molecule has 1 aromatic rings. The van der Waals surface area contributed by atoms with Crippen LogP contribution in [0.5, 0.6) is 0 Å². The Morgan fingerprint density at radius 3 is 2.74 bits per heavy atom. The number of unbranched alkanes of at least 4 members (excludes halogenated alkanes) is 2. The van der Waals surface area contributed by atoms with Gasteiger partial charge in [-0.05, 0) is 25.3 Å². The smallest absolute Gasteiger partial charge is 0.270 e. The molecule has 0 unspecified atom stereocenters. The Kier molecular flexibility index (Phi) is 5.76. The summed E-state index contributed by atoms with van der Waals surface area (Å²) in [5.41, 5.74) is 0.921. The highest BCUT2D eigenvalue weighted by atomic mass is 16.6. The number of hydrogen-bond donors (Lipinski definition) is 1. The maximum Gasteiger partial charge on any atom is 0.270 e. The highest BCUT2D eigenvalue weighted by Gasteiger charge is 2.13. The van der Waals surface area contributed by atoms with Crippen molar-refractivity contribution in [1.29, 1.82) is 5.26 Å². The fourth-order valence-corrected chi connectivity index (χ4v) is 1.82. The molecule has 0 radical (unpaired) electrons. The minimum Gasteiger partial charge on any atom is -0.396 e. The highest BCUT2D eigenvalue weighted by Crippen LogP contribution is 2.24. The Hall–Kier alpha value is -2.13. The molecular formula is C13H17N3O3. The summed E-state index contributed by atoms with van der Waals surface area (Å²) in [4.78, 5) is 12.0. The summed E-state index contributed by atoms with van der Waals surface area (Å²) in [6, 6.07) is 6.28. The summed E-state index contributed by atoms with van der Waals surface area (Å²) in [6.45, 7) is 0.928. The fraction of sp³-hybridized carbons (Fsp3) is 0.462. The van der Waals surface area contributed by atoms with E-state index in [1.807, 2.05) is 18.0 Å². The Balaban J connectivity index is 2.77. The van der Waals surface area contributed by atoms with E-state index in [-0.39, 0.29) is 12.3 Å². The van der Waals surface area contributed by atoms with Crippen LogP contribution in [0.3, 0.4) is 0 Å². The van der Waals surface area contributed by atoms with Crippen LogP contribution in [-0.2, 0) is 0 Å². The number of aliphatic hydroxyl groups is 1. The molecule has 0 spiro atoms. The van der Waals surface area contributed by atoms with Crippen LogP contribution in [0.2, 0.25) is 0 Å². The molecule has 0 aliphatic carbocycles. The number of nitro benzene ring substituents is 1. The van der Waals surface area contributed by atoms with Crippen molar-refractivity contribution < 1.29 is 10.0 Å². The second-order valence-corrected chi connectivity index (χ2v) is 4.28. The molecule has 6 nitrogen and oxygen atoms in total. The van der Waals surface area contributed by atoms with E-state index in [2.05, 4.69) is 0 Å². The molecule has 102 valence electrons. The first kappa shape index (κ1) is 14.9. The minimum absolute atomic E-state index is 0.0750. The molecule has 0 atom stereocenters. The van der Waals surface area contributed by atoms with Crippen LogP contribution in [0.25, 0.3) is 0 Å². The number of hydrogen-bond acceptors (Lipinski definition) is 5. The van der Waals surface area contributed by atoms with Gasteiger partial charge in [-0.1, -0.05) is 0 Å². The lowest BCUT2D eigenvalue weighted by Gasteiger charge is -2.20. The molecule has 0 heterocycles. The largest absolute Gasteiger partial charge is 0.396 e. The molecule has 0 aliphatic heterocycles. The van der Waals surface area contributed by atoms with Gasteiger partial charge >= 0.3 is 0 Å². The maximum absolute atomic E-state index is 10.7. The molecule has 0 aromatic heterocycles. The predicted octanol–water partition coefficient (Wildman–Crippen LogP) is 2.07. The lowest BCUT2D eigenvalue weighted by Crippen LogP contribution is -2.19. The number of nitrogens with zero attached hydrogens (tertiary/aromatic N) is 3. The molecule has 1 rings (SSSR count). The molecule has 1 aromatic carbocycles. The molecule has 19 heavy (non-hydrogen) atoms. The standard InChI is InChI=1S/C13H17N3O3/c1-15(7-3-2-4-8-17)13-6-5-12(16(18)19)9-11(13)10-14/h5-6,9,17H,2-4,7-8H2,1H3. The van der Waals surface area contributed by atoms with E-state index in [0.29, 0.717) is 11.3 Å². The maximum atomic E-state index is 10.7. The zero-order chi connectivity index (χ0) is 14.3. The summed E-state index contributed by atoms with van der Waals surface area (Å²) in [5.74, 6) is 0. The van der Waals surface area contributed by atoms with Crippen molar-refractivity contribution >= 4 is 11.4 Å². The molecule has 0 saturated carbocycles. The summed E-state index contributed by atoms with van der Waals surface area (Å²) in [7, 11) is 1.85. The molecule has 0 saturated heterocycles. The first-order valence-electron chi connectivity index (χ1n) is 6.10. The van der Waals surface area contributed by atoms with Gasteiger partial charge in [0, 0.05) is 32.3 Å². The van der Waals surface area contributed by atoms with Crippen molar-refractivity contribution in [1.82, 2.24) is 0 Å². The minimum atomic E-state index is -0.508. The van der Waals surface area contributed by atoms with E-state index in [4.69, 9.17) is 10.4 Å². The first-order chi connectivity index (χ1) is 9.10. The zero-order valence-corrected chi connectivity index (χ0v) is 10.9. The lowest BCUT2D eigenvalue weighted by atomic mass is 10.1. The number of aliphatic hydroxyl groups excluding tert-OH is 1. The third-order valence-corrected chi connectivity index (χ3v) is 2.87. The van der Waals surface area contributed by atoms with Gasteiger partial charge in [0.2, 0.25) is 0 Å². The van der Waals surface area contributed by atoms with Crippen molar-refractivity contribution in [2.24, 2.45) is 0 Å². The molecule has 0 fully saturated rings. The van der Waals surface area contributed by atoms with E-state index >= 15 is 0 Å². The van der Waals surface area contributed by atoms with Crippen LogP contribution in [0.4, 0.5) is 11.4 Å². The Bertz CT molecular complexity index is 483. The molecule has 6 heteroatoms. The average molecular weight is 263 g/mol. The van der Waals surface area contributed by atoms with E-state index in [9.17, 15) is 10.1 Å². The SMILES string of the molecule is CN(CCCCCO)c1ccc([N+](=O)[O-])cc1C#N. The Morgan fingerprint density at radius 2 is 2.16 bits per heavy atom. The van der Waals surface area contributed by atoms with Gasteiger partial charge in [0.1, 0.15) is 6.07 Å². The first-order valence-corrected chi connectivity index (χ1v) is 6.10. The van der Waals surface area contributed by atoms with E-state index in [0.717, 1.165) is 25.8 Å². The van der Waals surface area contributed by atoms with Crippen LogP contribution in [0.15, 0.2) is 18.2 Å². The Morgan fingerprint density at radius 1 is 1.42 bits per heavy atom. The normalized spacial score (nSPS) is 9.95. The fourth-order valence-electron chi connectivity index (χ4n) is 1.82. The average Bonchev–Trinajstić information content (AvgIpc) is 2.42. The van der Waals surface area contributed by atoms with Crippen molar-refractivity contribution in [3.63, 3.8) is 0 Å². The lowest BCUT2D eigenvalue weighted by molar-refractivity contribution is -0.384. The van der Waals surface area contributed by atoms with E-state index in [1.54, 1.807) is 6.07 Å². The molecular weight excluding hydrogens is 246 g/mol. The van der Waals surface area contributed by atoms with Crippen molar-refractivity contribution in [2.45, 2.75) is 19.3 Å². The van der Waals surface area contributed by atoms with E-state index < -0.39 is 4.92 Å². The third-order valence-electron chi connectivity index (χ3n) is 2.87. The van der Waals surface area contributed by atoms with Crippen LogP contribution < -0.4 is 4.90 Å². The molecule has 0 amide bonds. The number of nitro groups is 1. The van der Waals surface area contributed by atoms with Gasteiger partial charge in [0.25, 0.3) is 5.69 Å². The number of nitriles is 1. The van der Waals surface area contributed by atoms with E-state index in [1.165, 1.54) is 12.1 Å². The molecule has 0 aliphatic rings. The summed E-state index contributed by atoms with van der Waals surface area (Å²) in [6.07, 6.45) is 2.58. The molecule has 0 bridgehead atoms. The highest BCUT2D eigenvalue weighted by molar-refractivity contribution is 5.62. The Labute approximate surface area is 112 Å². The monoisotopic (exact) mass is 263 g/mol.